The minimum atomic E-state index is -1.22. The fourth-order valence-electron chi connectivity index (χ4n) is 4.83. The lowest BCUT2D eigenvalue weighted by molar-refractivity contribution is -0.143. The zero-order chi connectivity index (χ0) is 28.9. The molecule has 0 radical (unpaired) electrons. The number of aliphatic carboxylic acids is 1. The summed E-state index contributed by atoms with van der Waals surface area (Å²) >= 11 is 1.53. The van der Waals surface area contributed by atoms with E-state index < -0.39 is 47.7 Å². The van der Waals surface area contributed by atoms with E-state index in [1.54, 1.807) is 12.1 Å². The first kappa shape index (κ1) is 30.1. The van der Waals surface area contributed by atoms with Gasteiger partial charge < -0.3 is 15.7 Å². The van der Waals surface area contributed by atoms with Crippen molar-refractivity contribution in [2.75, 3.05) is 25.6 Å². The van der Waals surface area contributed by atoms with Crippen LogP contribution in [0.3, 0.4) is 0 Å². The monoisotopic (exact) mass is 556 g/mol. The average molecular weight is 557 g/mol. The highest BCUT2D eigenvalue weighted by Crippen LogP contribution is 2.28. The van der Waals surface area contributed by atoms with Gasteiger partial charge in [0.25, 0.3) is 11.8 Å². The molecule has 3 rings (SSSR count). The second-order valence-corrected chi connectivity index (χ2v) is 11.2. The Hall–Kier alpha value is -3.44. The molecule has 4 N–H and O–H groups in total. The zero-order valence-electron chi connectivity index (χ0n) is 22.7. The van der Waals surface area contributed by atoms with Crippen LogP contribution >= 0.6 is 11.8 Å². The van der Waals surface area contributed by atoms with Crippen molar-refractivity contribution in [3.63, 3.8) is 0 Å². The van der Waals surface area contributed by atoms with Crippen LogP contribution in [0.15, 0.2) is 36.4 Å². The quantitative estimate of drug-likeness (QED) is 0.300. The number of thioether (sulfide) groups is 1. The van der Waals surface area contributed by atoms with Crippen molar-refractivity contribution in [1.29, 1.82) is 0 Å². The standard InChI is InChI=1S/C28H36N4O6S/c1-16(2)13-22(27(36)31(3)23(24(29)33)10-12-39-4)30-21(28(37)38)9-11-32-25(34)19-14-17-7-5-6-8-18(17)15-20(19)26(32)35/h5-8,14-16,21-23,30H,9-13H2,1-4H3,(H2,29,33)(H,37,38)/t21-,22+,23+/m1/s1. The molecule has 0 saturated heterocycles. The van der Waals surface area contributed by atoms with Crippen LogP contribution in [0.4, 0.5) is 0 Å². The van der Waals surface area contributed by atoms with E-state index in [0.717, 1.165) is 15.7 Å². The summed E-state index contributed by atoms with van der Waals surface area (Å²) in [6.45, 7) is 3.67. The summed E-state index contributed by atoms with van der Waals surface area (Å²) in [4.78, 5) is 66.1. The number of primary amides is 1. The van der Waals surface area contributed by atoms with Crippen LogP contribution in [0.25, 0.3) is 10.8 Å². The van der Waals surface area contributed by atoms with Gasteiger partial charge in [-0.25, -0.2) is 0 Å². The van der Waals surface area contributed by atoms with Crippen molar-refractivity contribution in [2.24, 2.45) is 11.7 Å². The SMILES string of the molecule is CSCC[C@@H](C(N)=O)N(C)C(=O)[C@H](CC(C)C)N[C@H](CCN1C(=O)c2cc3ccccc3cc2C1=O)C(=O)O. The lowest BCUT2D eigenvalue weighted by Crippen LogP contribution is -2.56. The molecule has 0 fully saturated rings. The summed E-state index contributed by atoms with van der Waals surface area (Å²) in [6, 6.07) is 7.81. The van der Waals surface area contributed by atoms with Gasteiger partial charge >= 0.3 is 5.97 Å². The minimum Gasteiger partial charge on any atom is -0.480 e. The first-order chi connectivity index (χ1) is 18.5. The number of fused-ring (bicyclic) bond motifs is 2. The van der Waals surface area contributed by atoms with Gasteiger partial charge in [-0.05, 0) is 60.1 Å². The third-order valence-electron chi connectivity index (χ3n) is 6.92. The van der Waals surface area contributed by atoms with Gasteiger partial charge in [0.2, 0.25) is 11.8 Å². The number of nitrogens with zero attached hydrogens (tertiary/aromatic N) is 2. The molecule has 2 aromatic carbocycles. The Morgan fingerprint density at radius 1 is 1.03 bits per heavy atom. The van der Waals surface area contributed by atoms with Gasteiger partial charge in [0.15, 0.2) is 0 Å². The van der Waals surface area contributed by atoms with Crippen LogP contribution in [-0.2, 0) is 14.4 Å². The molecule has 3 atom stereocenters. The van der Waals surface area contributed by atoms with Crippen LogP contribution in [0.5, 0.6) is 0 Å². The lowest BCUT2D eigenvalue weighted by Gasteiger charge is -2.32. The molecule has 0 saturated carbocycles. The number of rotatable bonds is 14. The summed E-state index contributed by atoms with van der Waals surface area (Å²) in [5.74, 6) is -2.56. The molecule has 0 aliphatic carbocycles. The van der Waals surface area contributed by atoms with Gasteiger partial charge in [-0.3, -0.25) is 34.2 Å². The van der Waals surface area contributed by atoms with Crippen LogP contribution < -0.4 is 11.1 Å². The molecule has 4 amide bonds. The zero-order valence-corrected chi connectivity index (χ0v) is 23.5. The topological polar surface area (TPSA) is 150 Å². The first-order valence-electron chi connectivity index (χ1n) is 12.9. The van der Waals surface area contributed by atoms with Crippen LogP contribution in [0, 0.1) is 5.92 Å². The maximum atomic E-state index is 13.4. The molecule has 0 spiro atoms. The molecular weight excluding hydrogens is 520 g/mol. The van der Waals surface area contributed by atoms with Gasteiger partial charge in [-0.15, -0.1) is 0 Å². The van der Waals surface area contributed by atoms with Crippen molar-refractivity contribution >= 4 is 52.1 Å². The van der Waals surface area contributed by atoms with Crippen molar-refractivity contribution in [3.8, 4) is 0 Å². The van der Waals surface area contributed by atoms with Crippen LogP contribution in [0.2, 0.25) is 0 Å². The van der Waals surface area contributed by atoms with Crippen LogP contribution in [0.1, 0.15) is 53.8 Å². The highest BCUT2D eigenvalue weighted by atomic mass is 32.2. The van der Waals surface area contributed by atoms with Gasteiger partial charge in [0.05, 0.1) is 17.2 Å². The first-order valence-corrected chi connectivity index (χ1v) is 14.3. The van der Waals surface area contributed by atoms with Crippen molar-refractivity contribution < 1.29 is 29.1 Å². The van der Waals surface area contributed by atoms with E-state index in [2.05, 4.69) is 5.32 Å². The number of hydrogen-bond donors (Lipinski definition) is 3. The molecule has 10 nitrogen and oxygen atoms in total. The number of carbonyl (C=O) groups is 5. The van der Waals surface area contributed by atoms with Crippen LogP contribution in [-0.4, -0.2) is 88.2 Å². The number of imide groups is 1. The minimum absolute atomic E-state index is 0.0397. The third kappa shape index (κ3) is 6.96. The number of likely N-dealkylation sites (N-methyl/N-ethyl adjacent to an activating group) is 1. The number of carbonyl (C=O) groups excluding carboxylic acids is 4. The number of benzene rings is 2. The highest BCUT2D eigenvalue weighted by Gasteiger charge is 2.38. The van der Waals surface area contributed by atoms with E-state index in [9.17, 15) is 29.1 Å². The second kappa shape index (κ2) is 13.1. The van der Waals surface area contributed by atoms with Crippen molar-refractivity contribution in [2.45, 2.75) is 51.2 Å². The molecule has 0 aromatic heterocycles. The molecule has 210 valence electrons. The summed E-state index contributed by atoms with van der Waals surface area (Å²) in [5.41, 5.74) is 6.13. The van der Waals surface area contributed by atoms with E-state index in [0.29, 0.717) is 18.6 Å². The maximum absolute atomic E-state index is 13.4. The fraction of sp³-hybridized carbons (Fsp3) is 0.464. The maximum Gasteiger partial charge on any atom is 0.320 e. The van der Waals surface area contributed by atoms with Crippen molar-refractivity contribution in [3.05, 3.63) is 47.5 Å². The van der Waals surface area contributed by atoms with Gasteiger partial charge in [0.1, 0.15) is 12.1 Å². The second-order valence-electron chi connectivity index (χ2n) is 10.2. The Balaban J connectivity index is 1.76. The van der Waals surface area contributed by atoms with E-state index in [1.165, 1.54) is 23.7 Å². The van der Waals surface area contributed by atoms with Gasteiger partial charge in [-0.1, -0.05) is 38.1 Å². The Morgan fingerprint density at radius 2 is 1.59 bits per heavy atom. The fourth-order valence-corrected chi connectivity index (χ4v) is 5.29. The Bertz CT molecular complexity index is 1210. The van der Waals surface area contributed by atoms with E-state index in [4.69, 9.17) is 5.73 Å². The van der Waals surface area contributed by atoms with E-state index in [-0.39, 0.29) is 30.0 Å². The summed E-state index contributed by atoms with van der Waals surface area (Å²) in [5, 5.41) is 14.5. The largest absolute Gasteiger partial charge is 0.480 e. The molecule has 0 unspecified atom stereocenters. The Labute approximate surface area is 232 Å². The molecular formula is C28H36N4O6S. The molecule has 0 bridgehead atoms. The summed E-state index contributed by atoms with van der Waals surface area (Å²) in [7, 11) is 1.49. The highest BCUT2D eigenvalue weighted by molar-refractivity contribution is 7.98. The van der Waals surface area contributed by atoms with Crippen molar-refractivity contribution in [1.82, 2.24) is 15.1 Å². The molecule has 39 heavy (non-hydrogen) atoms. The number of carboxylic acid groups (broad SMARTS) is 1. The lowest BCUT2D eigenvalue weighted by atomic mass is 10.00. The Kier molecular flexibility index (Phi) is 10.1. The Morgan fingerprint density at radius 3 is 2.05 bits per heavy atom. The number of carboxylic acids is 1. The summed E-state index contributed by atoms with van der Waals surface area (Å²) in [6.07, 6.45) is 2.49. The summed E-state index contributed by atoms with van der Waals surface area (Å²) < 4.78 is 0. The predicted molar refractivity (Wildman–Crippen MR) is 150 cm³/mol. The van der Waals surface area contributed by atoms with Gasteiger partial charge in [0, 0.05) is 13.6 Å². The van der Waals surface area contributed by atoms with E-state index >= 15 is 0 Å². The molecule has 1 aliphatic heterocycles. The smallest absolute Gasteiger partial charge is 0.320 e. The third-order valence-corrected chi connectivity index (χ3v) is 7.57. The van der Waals surface area contributed by atoms with Gasteiger partial charge in [-0.2, -0.15) is 11.8 Å². The molecule has 1 heterocycles. The number of amides is 4. The van der Waals surface area contributed by atoms with E-state index in [1.807, 2.05) is 44.4 Å². The predicted octanol–water partition coefficient (Wildman–Crippen LogP) is 2.35. The number of nitrogens with two attached hydrogens (primary N) is 1. The number of hydrogen-bond acceptors (Lipinski definition) is 7. The number of nitrogens with one attached hydrogen (secondary N) is 1. The molecule has 1 aliphatic rings. The molecule has 11 heteroatoms. The molecule has 2 aromatic rings. The normalized spacial score (nSPS) is 15.4. The average Bonchev–Trinajstić information content (AvgIpc) is 3.11.